The Kier molecular flexibility index (Phi) is 5.55. The van der Waals surface area contributed by atoms with Crippen molar-refractivity contribution >= 4 is 33.4 Å². The third-order valence-electron chi connectivity index (χ3n) is 4.17. The van der Waals surface area contributed by atoms with Gasteiger partial charge in [-0.1, -0.05) is 24.3 Å². The van der Waals surface area contributed by atoms with Crippen LogP contribution in [0.5, 0.6) is 5.75 Å². The number of ether oxygens (including phenoxy) is 1. The zero-order chi connectivity index (χ0) is 20.4. The van der Waals surface area contributed by atoms with Gasteiger partial charge in [-0.2, -0.15) is 4.99 Å². The molecule has 28 heavy (non-hydrogen) atoms. The average Bonchev–Trinajstić information content (AvgIpc) is 2.99. The van der Waals surface area contributed by atoms with Gasteiger partial charge in [0.2, 0.25) is 0 Å². The fourth-order valence-electron chi connectivity index (χ4n) is 2.79. The summed E-state index contributed by atoms with van der Waals surface area (Å²) in [6.07, 6.45) is 0.167. The van der Waals surface area contributed by atoms with Gasteiger partial charge in [0.05, 0.1) is 17.3 Å². The van der Waals surface area contributed by atoms with Crippen molar-refractivity contribution in [3.63, 3.8) is 0 Å². The quantitative estimate of drug-likeness (QED) is 0.700. The number of carboxylic acid groups (broad SMARTS) is 1. The van der Waals surface area contributed by atoms with E-state index in [9.17, 15) is 23.5 Å². The molecule has 0 aliphatic carbocycles. The van der Waals surface area contributed by atoms with E-state index in [0.717, 1.165) is 23.5 Å². The molecule has 0 aliphatic heterocycles. The second kappa shape index (κ2) is 7.89. The molecule has 0 radical (unpaired) electrons. The third kappa shape index (κ3) is 3.65. The second-order valence-corrected chi connectivity index (χ2v) is 6.91. The number of thiazole rings is 1. The zero-order valence-electron chi connectivity index (χ0n) is 15.0. The third-order valence-corrected chi connectivity index (χ3v) is 5.18. The molecule has 9 heteroatoms. The number of aromatic nitrogens is 1. The smallest absolute Gasteiger partial charge is 0.326 e. The van der Waals surface area contributed by atoms with E-state index in [1.807, 2.05) is 0 Å². The Morgan fingerprint density at radius 1 is 1.25 bits per heavy atom. The molecule has 0 fully saturated rings. The van der Waals surface area contributed by atoms with Crippen LogP contribution in [0, 0.1) is 11.6 Å². The summed E-state index contributed by atoms with van der Waals surface area (Å²) >= 11 is 0.915. The van der Waals surface area contributed by atoms with E-state index in [1.54, 1.807) is 25.1 Å². The molecule has 1 heterocycles. The van der Waals surface area contributed by atoms with Crippen molar-refractivity contribution in [3.05, 3.63) is 58.4 Å². The molecule has 3 rings (SSSR count). The van der Waals surface area contributed by atoms with Crippen molar-refractivity contribution in [3.8, 4) is 5.75 Å². The number of fused-ring (bicyclic) bond motifs is 1. The Morgan fingerprint density at radius 2 is 1.96 bits per heavy atom. The molecule has 1 aromatic heterocycles. The summed E-state index contributed by atoms with van der Waals surface area (Å²) < 4.78 is 34.0. The zero-order valence-corrected chi connectivity index (χ0v) is 15.8. The Bertz CT molecular complexity index is 1140. The number of benzene rings is 2. The van der Waals surface area contributed by atoms with E-state index in [1.165, 1.54) is 17.7 Å². The topological polar surface area (TPSA) is 80.9 Å². The lowest BCUT2D eigenvalue weighted by Crippen LogP contribution is -2.27. The SMILES string of the molecule is CCC(C(=O)O)n1/c(=N/C(=O)c2cccc(OC)c2)sc2cc(F)c(F)cc21. The number of hydrogen-bond donors (Lipinski definition) is 1. The van der Waals surface area contributed by atoms with Crippen LogP contribution in [0.2, 0.25) is 0 Å². The highest BCUT2D eigenvalue weighted by Crippen LogP contribution is 2.25. The van der Waals surface area contributed by atoms with Crippen LogP contribution in [0.1, 0.15) is 29.7 Å². The maximum absolute atomic E-state index is 13.8. The van der Waals surface area contributed by atoms with Gasteiger partial charge in [0.1, 0.15) is 11.8 Å². The van der Waals surface area contributed by atoms with Crippen LogP contribution < -0.4 is 9.54 Å². The lowest BCUT2D eigenvalue weighted by atomic mass is 10.2. The first-order chi connectivity index (χ1) is 13.3. The van der Waals surface area contributed by atoms with Gasteiger partial charge < -0.3 is 14.4 Å². The molecule has 0 bridgehead atoms. The molecule has 146 valence electrons. The number of carbonyl (C=O) groups excluding carboxylic acids is 1. The Morgan fingerprint density at radius 3 is 2.61 bits per heavy atom. The normalized spacial score (nSPS) is 12.9. The molecule has 1 atom stereocenters. The molecule has 1 N–H and O–H groups in total. The highest BCUT2D eigenvalue weighted by atomic mass is 32.1. The van der Waals surface area contributed by atoms with E-state index >= 15 is 0 Å². The summed E-state index contributed by atoms with van der Waals surface area (Å²) in [6.45, 7) is 1.64. The fraction of sp³-hybridized carbons (Fsp3) is 0.211. The average molecular weight is 406 g/mol. The minimum Gasteiger partial charge on any atom is -0.497 e. The van der Waals surface area contributed by atoms with E-state index in [4.69, 9.17) is 4.74 Å². The maximum Gasteiger partial charge on any atom is 0.326 e. The first-order valence-corrected chi connectivity index (χ1v) is 9.13. The lowest BCUT2D eigenvalue weighted by molar-refractivity contribution is -0.140. The molecule has 3 aromatic rings. The van der Waals surface area contributed by atoms with Crippen molar-refractivity contribution in [2.24, 2.45) is 4.99 Å². The number of aliphatic carboxylic acids is 1. The number of carbonyl (C=O) groups is 2. The molecular weight excluding hydrogens is 390 g/mol. The van der Waals surface area contributed by atoms with Crippen LogP contribution in [0.3, 0.4) is 0 Å². The summed E-state index contributed by atoms with van der Waals surface area (Å²) in [5.74, 6) is -3.49. The van der Waals surface area contributed by atoms with Crippen molar-refractivity contribution in [1.82, 2.24) is 4.57 Å². The van der Waals surface area contributed by atoms with Gasteiger partial charge in [0, 0.05) is 11.6 Å². The van der Waals surface area contributed by atoms with Crippen LogP contribution in [-0.4, -0.2) is 28.7 Å². The molecule has 0 aliphatic rings. The number of methoxy groups -OCH3 is 1. The van der Waals surface area contributed by atoms with E-state index in [0.29, 0.717) is 5.75 Å². The standard InChI is InChI=1S/C19H16F2N2O4S/c1-3-14(18(25)26)23-15-8-12(20)13(21)9-16(15)28-19(23)22-17(24)10-5-4-6-11(7-10)27-2/h4-9,14H,3H2,1-2H3,(H,25,26)/b22-19-. The Balaban J connectivity index is 2.25. The van der Waals surface area contributed by atoms with Crippen LogP contribution in [-0.2, 0) is 4.79 Å². The molecule has 0 saturated heterocycles. The van der Waals surface area contributed by atoms with Gasteiger partial charge in [0.15, 0.2) is 16.4 Å². The number of carboxylic acids is 1. The molecule has 0 saturated carbocycles. The van der Waals surface area contributed by atoms with Crippen LogP contribution in [0.15, 0.2) is 41.4 Å². The molecule has 6 nitrogen and oxygen atoms in total. The van der Waals surface area contributed by atoms with Crippen LogP contribution >= 0.6 is 11.3 Å². The number of nitrogens with zero attached hydrogens (tertiary/aromatic N) is 2. The van der Waals surface area contributed by atoms with E-state index in [-0.39, 0.29) is 27.0 Å². The maximum atomic E-state index is 13.8. The summed E-state index contributed by atoms with van der Waals surface area (Å²) in [4.78, 5) is 28.4. The van der Waals surface area contributed by atoms with Crippen LogP contribution in [0.4, 0.5) is 8.78 Å². The van der Waals surface area contributed by atoms with E-state index < -0.39 is 29.6 Å². The van der Waals surface area contributed by atoms with Crippen LogP contribution in [0.25, 0.3) is 10.2 Å². The second-order valence-electron chi connectivity index (χ2n) is 5.90. The minimum absolute atomic E-state index is 0.0436. The predicted octanol–water partition coefficient (Wildman–Crippen LogP) is 3.77. The molecule has 1 amide bonds. The largest absolute Gasteiger partial charge is 0.497 e. The highest BCUT2D eigenvalue weighted by molar-refractivity contribution is 7.16. The van der Waals surface area contributed by atoms with E-state index in [2.05, 4.69) is 4.99 Å². The monoisotopic (exact) mass is 406 g/mol. The van der Waals surface area contributed by atoms with Crippen molar-refractivity contribution in [2.75, 3.05) is 7.11 Å². The minimum atomic E-state index is -1.16. The molecular formula is C19H16F2N2O4S. The fourth-order valence-corrected chi connectivity index (χ4v) is 3.87. The molecule has 0 spiro atoms. The first kappa shape index (κ1) is 19.7. The number of rotatable bonds is 5. The van der Waals surface area contributed by atoms with Crippen molar-refractivity contribution < 1.29 is 28.2 Å². The number of halogens is 2. The lowest BCUT2D eigenvalue weighted by Gasteiger charge is -2.13. The van der Waals surface area contributed by atoms with Gasteiger partial charge in [0.25, 0.3) is 5.91 Å². The Hall–Kier alpha value is -3.07. The van der Waals surface area contributed by atoms with Gasteiger partial charge in [-0.15, -0.1) is 0 Å². The predicted molar refractivity (Wildman–Crippen MR) is 99.6 cm³/mol. The molecule has 2 aromatic carbocycles. The first-order valence-electron chi connectivity index (χ1n) is 8.31. The molecule has 1 unspecified atom stereocenters. The van der Waals surface area contributed by atoms with Gasteiger partial charge in [-0.05, 0) is 30.7 Å². The highest BCUT2D eigenvalue weighted by Gasteiger charge is 2.23. The summed E-state index contributed by atoms with van der Waals surface area (Å²) in [5, 5.41) is 9.55. The number of hydrogen-bond acceptors (Lipinski definition) is 4. The van der Waals surface area contributed by atoms with Gasteiger partial charge in [-0.3, -0.25) is 4.79 Å². The summed E-state index contributed by atoms with van der Waals surface area (Å²) in [7, 11) is 1.46. The Labute approximate surface area is 162 Å². The van der Waals surface area contributed by atoms with Gasteiger partial charge >= 0.3 is 5.97 Å². The van der Waals surface area contributed by atoms with Crippen molar-refractivity contribution in [1.29, 1.82) is 0 Å². The summed E-state index contributed by atoms with van der Waals surface area (Å²) in [5.41, 5.74) is 0.402. The van der Waals surface area contributed by atoms with Crippen molar-refractivity contribution in [2.45, 2.75) is 19.4 Å². The van der Waals surface area contributed by atoms with Gasteiger partial charge in [-0.25, -0.2) is 13.6 Å². The number of amides is 1. The summed E-state index contributed by atoms with van der Waals surface area (Å²) in [6, 6.07) is 7.13.